The number of benzene rings is 1. The SMILES string of the molecule is C[C@H]([NH2+]CC(=O)N1CCN(c2ncccn2)CC1)c1ccccc1Cl. The lowest BCUT2D eigenvalue weighted by atomic mass is 10.1. The summed E-state index contributed by atoms with van der Waals surface area (Å²) in [6.07, 6.45) is 3.48. The van der Waals surface area contributed by atoms with Crippen LogP contribution in [0.1, 0.15) is 18.5 Å². The summed E-state index contributed by atoms with van der Waals surface area (Å²) in [6, 6.07) is 9.73. The Bertz CT molecular complexity index is 704. The van der Waals surface area contributed by atoms with Crippen LogP contribution < -0.4 is 10.2 Å². The fraction of sp³-hybridized carbons (Fsp3) is 0.389. The summed E-state index contributed by atoms with van der Waals surface area (Å²) < 4.78 is 0. The van der Waals surface area contributed by atoms with E-state index in [4.69, 9.17) is 11.6 Å². The van der Waals surface area contributed by atoms with Gasteiger partial charge >= 0.3 is 0 Å². The number of nitrogens with two attached hydrogens (primary N) is 1. The summed E-state index contributed by atoms with van der Waals surface area (Å²) in [5.74, 6) is 0.890. The van der Waals surface area contributed by atoms with Gasteiger partial charge in [0.1, 0.15) is 6.04 Å². The minimum Gasteiger partial charge on any atom is -0.337 e. The highest BCUT2D eigenvalue weighted by Gasteiger charge is 2.24. The summed E-state index contributed by atoms with van der Waals surface area (Å²) in [4.78, 5) is 25.0. The zero-order valence-electron chi connectivity index (χ0n) is 14.3. The van der Waals surface area contributed by atoms with E-state index in [1.54, 1.807) is 18.5 Å². The molecule has 7 heteroatoms. The number of nitrogens with zero attached hydrogens (tertiary/aromatic N) is 4. The fourth-order valence-corrected chi connectivity index (χ4v) is 3.30. The molecule has 1 aromatic carbocycles. The third-order valence-corrected chi connectivity index (χ3v) is 4.85. The van der Waals surface area contributed by atoms with Gasteiger partial charge < -0.3 is 15.1 Å². The van der Waals surface area contributed by atoms with Crippen LogP contribution in [0.3, 0.4) is 0 Å². The Labute approximate surface area is 152 Å². The number of rotatable bonds is 5. The molecule has 6 nitrogen and oxygen atoms in total. The van der Waals surface area contributed by atoms with Crippen molar-refractivity contribution in [3.63, 3.8) is 0 Å². The maximum atomic E-state index is 12.5. The Morgan fingerprint density at radius 2 is 1.84 bits per heavy atom. The second-order valence-electron chi connectivity index (χ2n) is 6.17. The van der Waals surface area contributed by atoms with Crippen molar-refractivity contribution in [1.29, 1.82) is 0 Å². The Balaban J connectivity index is 1.47. The molecule has 1 aromatic heterocycles. The Morgan fingerprint density at radius 3 is 2.52 bits per heavy atom. The van der Waals surface area contributed by atoms with Crippen molar-refractivity contribution < 1.29 is 10.1 Å². The molecule has 1 fully saturated rings. The molecule has 1 aliphatic heterocycles. The van der Waals surface area contributed by atoms with Gasteiger partial charge in [0, 0.05) is 49.2 Å². The van der Waals surface area contributed by atoms with Crippen molar-refractivity contribution in [2.45, 2.75) is 13.0 Å². The molecule has 1 saturated heterocycles. The quantitative estimate of drug-likeness (QED) is 0.867. The van der Waals surface area contributed by atoms with Crippen molar-refractivity contribution in [2.75, 3.05) is 37.6 Å². The number of piperazine rings is 1. The molecule has 0 aliphatic carbocycles. The van der Waals surface area contributed by atoms with E-state index in [1.807, 2.05) is 34.5 Å². The minimum absolute atomic E-state index is 0.150. The summed E-state index contributed by atoms with van der Waals surface area (Å²) >= 11 is 6.22. The number of hydrogen-bond acceptors (Lipinski definition) is 4. The predicted molar refractivity (Wildman–Crippen MR) is 97.5 cm³/mol. The number of anilines is 1. The molecule has 132 valence electrons. The number of carbonyl (C=O) groups is 1. The summed E-state index contributed by atoms with van der Waals surface area (Å²) in [5.41, 5.74) is 1.06. The van der Waals surface area contributed by atoms with E-state index < -0.39 is 0 Å². The topological polar surface area (TPSA) is 65.9 Å². The monoisotopic (exact) mass is 360 g/mol. The number of amides is 1. The molecule has 3 rings (SSSR count). The molecule has 1 aliphatic rings. The highest BCUT2D eigenvalue weighted by molar-refractivity contribution is 6.31. The van der Waals surface area contributed by atoms with Gasteiger partial charge in [-0.15, -0.1) is 0 Å². The summed E-state index contributed by atoms with van der Waals surface area (Å²) in [7, 11) is 0. The van der Waals surface area contributed by atoms with Crippen LogP contribution in [-0.4, -0.2) is 53.5 Å². The van der Waals surface area contributed by atoms with Crippen LogP contribution in [0, 0.1) is 0 Å². The van der Waals surface area contributed by atoms with Crippen LogP contribution in [0.5, 0.6) is 0 Å². The van der Waals surface area contributed by atoms with Crippen LogP contribution in [0.2, 0.25) is 5.02 Å². The van der Waals surface area contributed by atoms with Crippen LogP contribution in [0.25, 0.3) is 0 Å². The molecule has 1 atom stereocenters. The molecular formula is C18H23ClN5O+. The highest BCUT2D eigenvalue weighted by atomic mass is 35.5. The normalized spacial score (nSPS) is 15.9. The number of hydrogen-bond donors (Lipinski definition) is 1. The van der Waals surface area contributed by atoms with Crippen molar-refractivity contribution >= 4 is 23.5 Å². The van der Waals surface area contributed by atoms with Crippen molar-refractivity contribution in [3.05, 3.63) is 53.3 Å². The lowest BCUT2D eigenvalue weighted by Gasteiger charge is -2.34. The molecule has 1 amide bonds. The Morgan fingerprint density at radius 1 is 1.16 bits per heavy atom. The average molecular weight is 361 g/mol. The van der Waals surface area contributed by atoms with Crippen LogP contribution in [0.4, 0.5) is 5.95 Å². The molecule has 0 radical (unpaired) electrons. The first-order chi connectivity index (χ1) is 12.1. The molecular weight excluding hydrogens is 338 g/mol. The summed E-state index contributed by atoms with van der Waals surface area (Å²) in [6.45, 7) is 5.41. The third-order valence-electron chi connectivity index (χ3n) is 4.51. The van der Waals surface area contributed by atoms with Crippen LogP contribution in [0.15, 0.2) is 42.7 Å². The molecule has 2 aromatic rings. The molecule has 2 N–H and O–H groups in total. The molecule has 0 unspecified atom stereocenters. The van der Waals surface area contributed by atoms with Crippen LogP contribution >= 0.6 is 11.6 Å². The number of aromatic nitrogens is 2. The maximum absolute atomic E-state index is 12.5. The zero-order chi connectivity index (χ0) is 17.6. The van der Waals surface area contributed by atoms with E-state index in [9.17, 15) is 4.79 Å². The molecule has 25 heavy (non-hydrogen) atoms. The Hall–Kier alpha value is -2.18. The second kappa shape index (κ2) is 8.27. The van der Waals surface area contributed by atoms with E-state index in [2.05, 4.69) is 21.8 Å². The third kappa shape index (κ3) is 4.46. The predicted octanol–water partition coefficient (Wildman–Crippen LogP) is 1.10. The van der Waals surface area contributed by atoms with Gasteiger partial charge in [0.15, 0.2) is 6.54 Å². The van der Waals surface area contributed by atoms with Gasteiger partial charge in [0.2, 0.25) is 5.95 Å². The largest absolute Gasteiger partial charge is 0.337 e. The first-order valence-corrected chi connectivity index (χ1v) is 8.90. The number of quaternary nitrogens is 1. The van der Waals surface area contributed by atoms with Gasteiger partial charge in [-0.2, -0.15) is 0 Å². The standard InChI is InChI=1S/C18H22ClN5O/c1-14(15-5-2-3-6-16(15)19)22-13-17(25)23-9-11-24(12-10-23)18-20-7-4-8-21-18/h2-8,14,22H,9-13H2,1H3/p+1/t14-/m0/s1. The average Bonchev–Trinajstić information content (AvgIpc) is 2.67. The van der Waals surface area contributed by atoms with Gasteiger partial charge in [-0.3, -0.25) is 4.79 Å². The first-order valence-electron chi connectivity index (χ1n) is 8.52. The van der Waals surface area contributed by atoms with Crippen LogP contribution in [-0.2, 0) is 4.79 Å². The minimum atomic E-state index is 0.150. The van der Waals surface area contributed by atoms with Gasteiger partial charge in [0.05, 0.1) is 0 Å². The summed E-state index contributed by atoms with van der Waals surface area (Å²) in [5, 5.41) is 2.78. The van der Waals surface area contributed by atoms with E-state index in [1.165, 1.54) is 0 Å². The van der Waals surface area contributed by atoms with Crippen molar-refractivity contribution in [3.8, 4) is 0 Å². The van der Waals surface area contributed by atoms with E-state index >= 15 is 0 Å². The first kappa shape index (κ1) is 17.6. The van der Waals surface area contributed by atoms with E-state index in [0.717, 1.165) is 29.6 Å². The lowest BCUT2D eigenvalue weighted by Crippen LogP contribution is -2.87. The zero-order valence-corrected chi connectivity index (χ0v) is 15.1. The van der Waals surface area contributed by atoms with Crippen molar-refractivity contribution in [1.82, 2.24) is 14.9 Å². The molecule has 0 spiro atoms. The number of halogens is 1. The highest BCUT2D eigenvalue weighted by Crippen LogP contribution is 2.19. The number of carbonyl (C=O) groups excluding carboxylic acids is 1. The van der Waals surface area contributed by atoms with Gasteiger partial charge in [-0.05, 0) is 19.1 Å². The lowest BCUT2D eigenvalue weighted by molar-refractivity contribution is -0.683. The molecule has 0 saturated carbocycles. The van der Waals surface area contributed by atoms with Crippen molar-refractivity contribution in [2.24, 2.45) is 0 Å². The van der Waals surface area contributed by atoms with E-state index in [-0.39, 0.29) is 11.9 Å². The molecule has 0 bridgehead atoms. The maximum Gasteiger partial charge on any atom is 0.277 e. The van der Waals surface area contributed by atoms with Gasteiger partial charge in [-0.1, -0.05) is 29.8 Å². The van der Waals surface area contributed by atoms with Gasteiger partial charge in [0.25, 0.3) is 5.91 Å². The molecule has 2 heterocycles. The van der Waals surface area contributed by atoms with E-state index in [0.29, 0.717) is 19.6 Å². The second-order valence-corrected chi connectivity index (χ2v) is 6.57. The van der Waals surface area contributed by atoms with Gasteiger partial charge in [-0.25, -0.2) is 9.97 Å². The smallest absolute Gasteiger partial charge is 0.277 e. The fourth-order valence-electron chi connectivity index (χ4n) is 2.99. The Kier molecular flexibility index (Phi) is 5.83.